The summed E-state index contributed by atoms with van der Waals surface area (Å²) in [5.74, 6) is 0.142. The van der Waals surface area contributed by atoms with Crippen LogP contribution in [0.4, 0.5) is 4.39 Å². The van der Waals surface area contributed by atoms with E-state index in [9.17, 15) is 9.18 Å². The summed E-state index contributed by atoms with van der Waals surface area (Å²) >= 11 is 0. The first-order chi connectivity index (χ1) is 7.58. The predicted octanol–water partition coefficient (Wildman–Crippen LogP) is 3.54. The van der Waals surface area contributed by atoms with Crippen LogP contribution in [0.2, 0.25) is 0 Å². The molecule has 3 heteroatoms. The lowest BCUT2D eigenvalue weighted by atomic mass is 10.0. The van der Waals surface area contributed by atoms with Crippen LogP contribution in [0.1, 0.15) is 30.6 Å². The van der Waals surface area contributed by atoms with Crippen molar-refractivity contribution in [1.29, 1.82) is 0 Å². The zero-order valence-electron chi connectivity index (χ0n) is 9.38. The van der Waals surface area contributed by atoms with Crippen LogP contribution < -0.4 is 0 Å². The maximum Gasteiger partial charge on any atom is 0.165 e. The zero-order chi connectivity index (χ0) is 11.7. The van der Waals surface area contributed by atoms with E-state index in [-0.39, 0.29) is 11.6 Å². The molecule has 1 aromatic carbocycles. The number of Topliss-reactive ketones (excluding diaryl/α,β-unsaturated/α-hetero) is 1. The van der Waals surface area contributed by atoms with Gasteiger partial charge in [-0.05, 0) is 24.1 Å². The quantitative estimate of drug-likeness (QED) is 0.787. The van der Waals surface area contributed by atoms with E-state index >= 15 is 0 Å². The number of hydrogen-bond acceptors (Lipinski definition) is 1. The van der Waals surface area contributed by atoms with Gasteiger partial charge in [0, 0.05) is 29.1 Å². The van der Waals surface area contributed by atoms with Gasteiger partial charge in [-0.25, -0.2) is 4.39 Å². The second-order valence-corrected chi connectivity index (χ2v) is 4.41. The van der Waals surface area contributed by atoms with Crippen molar-refractivity contribution in [3.05, 3.63) is 35.8 Å². The highest BCUT2D eigenvalue weighted by atomic mass is 19.1. The maximum absolute atomic E-state index is 13.0. The molecule has 0 bridgehead atoms. The lowest BCUT2D eigenvalue weighted by Gasteiger charge is -2.02. The van der Waals surface area contributed by atoms with E-state index in [0.29, 0.717) is 23.4 Å². The van der Waals surface area contributed by atoms with Crippen molar-refractivity contribution in [3.8, 4) is 0 Å². The van der Waals surface area contributed by atoms with Gasteiger partial charge in [-0.3, -0.25) is 4.79 Å². The number of carbonyl (C=O) groups is 1. The van der Waals surface area contributed by atoms with Gasteiger partial charge in [0.25, 0.3) is 0 Å². The van der Waals surface area contributed by atoms with Gasteiger partial charge in [-0.1, -0.05) is 13.8 Å². The van der Waals surface area contributed by atoms with Crippen LogP contribution in [-0.2, 0) is 0 Å². The summed E-state index contributed by atoms with van der Waals surface area (Å²) < 4.78 is 13.0. The molecule has 0 aliphatic heterocycles. The van der Waals surface area contributed by atoms with Gasteiger partial charge in [0.15, 0.2) is 5.78 Å². The molecule has 0 fully saturated rings. The van der Waals surface area contributed by atoms with E-state index in [1.54, 1.807) is 12.3 Å². The molecule has 0 aliphatic rings. The molecule has 0 radical (unpaired) electrons. The summed E-state index contributed by atoms with van der Waals surface area (Å²) in [6, 6.07) is 4.43. The number of fused-ring (bicyclic) bond motifs is 1. The molecule has 0 unspecified atom stereocenters. The fraction of sp³-hybridized carbons (Fsp3) is 0.308. The van der Waals surface area contributed by atoms with Gasteiger partial charge >= 0.3 is 0 Å². The number of nitrogens with one attached hydrogen (secondary N) is 1. The number of benzene rings is 1. The molecule has 16 heavy (non-hydrogen) atoms. The fourth-order valence-electron chi connectivity index (χ4n) is 1.81. The molecule has 1 heterocycles. The van der Waals surface area contributed by atoms with Crippen LogP contribution in [0.25, 0.3) is 10.9 Å². The highest BCUT2D eigenvalue weighted by molar-refractivity contribution is 6.07. The van der Waals surface area contributed by atoms with E-state index in [4.69, 9.17) is 0 Å². The van der Waals surface area contributed by atoms with Gasteiger partial charge < -0.3 is 4.98 Å². The van der Waals surface area contributed by atoms with Crippen molar-refractivity contribution in [2.45, 2.75) is 20.3 Å². The molecule has 0 saturated carbocycles. The lowest BCUT2D eigenvalue weighted by Crippen LogP contribution is -2.02. The van der Waals surface area contributed by atoms with Crippen molar-refractivity contribution in [2.24, 2.45) is 5.92 Å². The molecule has 1 N–H and O–H groups in total. The summed E-state index contributed by atoms with van der Waals surface area (Å²) in [4.78, 5) is 14.8. The van der Waals surface area contributed by atoms with E-state index in [1.165, 1.54) is 12.1 Å². The van der Waals surface area contributed by atoms with Crippen LogP contribution in [0.15, 0.2) is 24.4 Å². The Hall–Kier alpha value is -1.64. The summed E-state index contributed by atoms with van der Waals surface area (Å²) in [5.41, 5.74) is 1.33. The Bertz CT molecular complexity index is 528. The third-order valence-electron chi connectivity index (χ3n) is 2.54. The fourth-order valence-corrected chi connectivity index (χ4v) is 1.81. The minimum Gasteiger partial charge on any atom is -0.360 e. The Balaban J connectivity index is 2.42. The van der Waals surface area contributed by atoms with Gasteiger partial charge in [0.05, 0.1) is 0 Å². The smallest absolute Gasteiger partial charge is 0.165 e. The third-order valence-corrected chi connectivity index (χ3v) is 2.54. The second kappa shape index (κ2) is 4.08. The van der Waals surface area contributed by atoms with Gasteiger partial charge in [0.2, 0.25) is 0 Å². The first-order valence-corrected chi connectivity index (χ1v) is 5.37. The monoisotopic (exact) mass is 219 g/mol. The average Bonchev–Trinajstić information content (AvgIpc) is 2.59. The molecule has 0 amide bonds. The molecule has 2 nitrogen and oxygen atoms in total. The predicted molar refractivity (Wildman–Crippen MR) is 62.0 cm³/mol. The molecule has 0 aliphatic carbocycles. The Kier molecular flexibility index (Phi) is 2.77. The third kappa shape index (κ3) is 1.98. The Morgan fingerprint density at radius 1 is 1.44 bits per heavy atom. The van der Waals surface area contributed by atoms with Gasteiger partial charge in [-0.15, -0.1) is 0 Å². The Morgan fingerprint density at radius 2 is 2.19 bits per heavy atom. The van der Waals surface area contributed by atoms with E-state index in [2.05, 4.69) is 4.98 Å². The average molecular weight is 219 g/mol. The molecule has 0 spiro atoms. The van der Waals surface area contributed by atoms with Crippen molar-refractivity contribution < 1.29 is 9.18 Å². The molecule has 1 aromatic heterocycles. The Morgan fingerprint density at radius 3 is 2.88 bits per heavy atom. The number of aromatic amines is 1. The van der Waals surface area contributed by atoms with E-state index < -0.39 is 0 Å². The van der Waals surface area contributed by atoms with Gasteiger partial charge in [-0.2, -0.15) is 0 Å². The Labute approximate surface area is 93.5 Å². The summed E-state index contributed by atoms with van der Waals surface area (Å²) in [7, 11) is 0. The van der Waals surface area contributed by atoms with E-state index in [1.807, 2.05) is 13.8 Å². The van der Waals surface area contributed by atoms with Crippen LogP contribution in [0, 0.1) is 11.7 Å². The number of hydrogen-bond donors (Lipinski definition) is 1. The molecule has 0 atom stereocenters. The number of aromatic nitrogens is 1. The topological polar surface area (TPSA) is 32.9 Å². The van der Waals surface area contributed by atoms with Crippen molar-refractivity contribution in [1.82, 2.24) is 4.98 Å². The first kappa shape index (κ1) is 10.9. The van der Waals surface area contributed by atoms with Crippen LogP contribution in [0.5, 0.6) is 0 Å². The van der Waals surface area contributed by atoms with Gasteiger partial charge in [0.1, 0.15) is 5.82 Å². The second-order valence-electron chi connectivity index (χ2n) is 4.41. The van der Waals surface area contributed by atoms with Crippen molar-refractivity contribution in [2.75, 3.05) is 0 Å². The molecule has 2 aromatic rings. The number of ketones is 1. The largest absolute Gasteiger partial charge is 0.360 e. The van der Waals surface area contributed by atoms with Crippen molar-refractivity contribution >= 4 is 16.7 Å². The zero-order valence-corrected chi connectivity index (χ0v) is 9.38. The SMILES string of the molecule is CC(C)CC(=O)c1c[nH]c2cc(F)ccc12. The normalized spacial score (nSPS) is 11.2. The molecule has 0 saturated heterocycles. The van der Waals surface area contributed by atoms with Crippen molar-refractivity contribution in [3.63, 3.8) is 0 Å². The highest BCUT2D eigenvalue weighted by Crippen LogP contribution is 2.21. The molecule has 84 valence electrons. The van der Waals surface area contributed by atoms with Crippen LogP contribution in [0.3, 0.4) is 0 Å². The van der Waals surface area contributed by atoms with E-state index in [0.717, 1.165) is 5.39 Å². The van der Waals surface area contributed by atoms with Crippen LogP contribution in [-0.4, -0.2) is 10.8 Å². The minimum absolute atomic E-state index is 0.104. The standard InChI is InChI=1S/C13H14FNO/c1-8(2)5-13(16)11-7-15-12-6-9(14)3-4-10(11)12/h3-4,6-8,15H,5H2,1-2H3. The molecular formula is C13H14FNO. The first-order valence-electron chi connectivity index (χ1n) is 5.37. The minimum atomic E-state index is -0.294. The maximum atomic E-state index is 13.0. The number of rotatable bonds is 3. The summed E-state index contributed by atoms with van der Waals surface area (Å²) in [6.07, 6.45) is 2.18. The number of carbonyl (C=O) groups excluding carboxylic acids is 1. The molecular weight excluding hydrogens is 205 g/mol. The summed E-state index contributed by atoms with van der Waals surface area (Å²) in [5, 5.41) is 0.798. The molecule has 2 rings (SSSR count). The lowest BCUT2D eigenvalue weighted by molar-refractivity contribution is 0.0969. The number of H-pyrrole nitrogens is 1. The summed E-state index contributed by atoms with van der Waals surface area (Å²) in [6.45, 7) is 4.01. The number of halogens is 1. The highest BCUT2D eigenvalue weighted by Gasteiger charge is 2.13. The van der Waals surface area contributed by atoms with Crippen LogP contribution >= 0.6 is 0 Å².